The first kappa shape index (κ1) is 18.7. The summed E-state index contributed by atoms with van der Waals surface area (Å²) in [5.41, 5.74) is 0. The van der Waals surface area contributed by atoms with Crippen molar-refractivity contribution in [1.82, 2.24) is 25.0 Å². The standard InChI is InChI=1S/C13H22N6O2.HI/c1-9-6-19(7-10(9)12(20)21-4)13(14-2)15-5-11-16-8-17-18(11)3;/h8-10H,5-7H2,1-4H3,(H,14,15);1H. The Morgan fingerprint density at radius 2 is 2.27 bits per heavy atom. The first-order valence-electron chi connectivity index (χ1n) is 6.93. The minimum absolute atomic E-state index is 0. The zero-order valence-corrected chi connectivity index (χ0v) is 15.6. The fourth-order valence-corrected chi connectivity index (χ4v) is 2.57. The molecule has 2 heterocycles. The number of hydrogen-bond acceptors (Lipinski definition) is 5. The molecular formula is C13H23IN6O2. The molecule has 1 aromatic heterocycles. The molecule has 0 radical (unpaired) electrons. The molecule has 0 bridgehead atoms. The Morgan fingerprint density at radius 1 is 1.55 bits per heavy atom. The number of hydrogen-bond donors (Lipinski definition) is 1. The van der Waals surface area contributed by atoms with E-state index >= 15 is 0 Å². The predicted octanol–water partition coefficient (Wildman–Crippen LogP) is 0.249. The van der Waals surface area contributed by atoms with Gasteiger partial charge in [0.25, 0.3) is 0 Å². The zero-order chi connectivity index (χ0) is 15.4. The largest absolute Gasteiger partial charge is 0.469 e. The van der Waals surface area contributed by atoms with Crippen molar-refractivity contribution >= 4 is 35.9 Å². The molecular weight excluding hydrogens is 399 g/mol. The van der Waals surface area contributed by atoms with Crippen LogP contribution in [0, 0.1) is 11.8 Å². The summed E-state index contributed by atoms with van der Waals surface area (Å²) < 4.78 is 6.57. The van der Waals surface area contributed by atoms with E-state index in [4.69, 9.17) is 4.74 Å². The van der Waals surface area contributed by atoms with Gasteiger partial charge in [0, 0.05) is 27.2 Å². The second kappa shape index (κ2) is 8.30. The van der Waals surface area contributed by atoms with Crippen LogP contribution in [0.2, 0.25) is 0 Å². The summed E-state index contributed by atoms with van der Waals surface area (Å²) in [5, 5.41) is 7.28. The van der Waals surface area contributed by atoms with Crippen LogP contribution in [0.25, 0.3) is 0 Å². The zero-order valence-electron chi connectivity index (χ0n) is 13.3. The highest BCUT2D eigenvalue weighted by molar-refractivity contribution is 14.0. The first-order chi connectivity index (χ1) is 10.1. The van der Waals surface area contributed by atoms with E-state index in [0.29, 0.717) is 13.1 Å². The Hall–Kier alpha value is -1.39. The van der Waals surface area contributed by atoms with Crippen molar-refractivity contribution < 1.29 is 9.53 Å². The number of guanidine groups is 1. The van der Waals surface area contributed by atoms with E-state index in [2.05, 4.69) is 32.2 Å². The number of nitrogens with zero attached hydrogens (tertiary/aromatic N) is 5. The van der Waals surface area contributed by atoms with E-state index in [9.17, 15) is 4.79 Å². The number of likely N-dealkylation sites (tertiary alicyclic amines) is 1. The van der Waals surface area contributed by atoms with Crippen molar-refractivity contribution in [2.75, 3.05) is 27.2 Å². The lowest BCUT2D eigenvalue weighted by molar-refractivity contribution is -0.145. The highest BCUT2D eigenvalue weighted by Gasteiger charge is 2.36. The van der Waals surface area contributed by atoms with Crippen LogP contribution in [0.5, 0.6) is 0 Å². The Labute approximate surface area is 147 Å². The van der Waals surface area contributed by atoms with Gasteiger partial charge in [0.1, 0.15) is 12.2 Å². The van der Waals surface area contributed by atoms with E-state index < -0.39 is 0 Å². The van der Waals surface area contributed by atoms with Crippen LogP contribution in [-0.2, 0) is 23.1 Å². The smallest absolute Gasteiger partial charge is 0.310 e. The van der Waals surface area contributed by atoms with Crippen molar-refractivity contribution in [3.8, 4) is 0 Å². The number of nitrogens with one attached hydrogen (secondary N) is 1. The van der Waals surface area contributed by atoms with Crippen LogP contribution in [0.3, 0.4) is 0 Å². The molecule has 0 amide bonds. The van der Waals surface area contributed by atoms with Crippen LogP contribution in [0.4, 0.5) is 0 Å². The highest BCUT2D eigenvalue weighted by atomic mass is 127. The Morgan fingerprint density at radius 3 is 2.82 bits per heavy atom. The van der Waals surface area contributed by atoms with Gasteiger partial charge in [0.15, 0.2) is 5.96 Å². The van der Waals surface area contributed by atoms with E-state index in [1.165, 1.54) is 13.4 Å². The van der Waals surface area contributed by atoms with E-state index in [1.54, 1.807) is 11.7 Å². The third-order valence-electron chi connectivity index (χ3n) is 3.84. The maximum Gasteiger partial charge on any atom is 0.310 e. The molecule has 1 aliphatic rings. The third-order valence-corrected chi connectivity index (χ3v) is 3.84. The summed E-state index contributed by atoms with van der Waals surface area (Å²) in [5.74, 6) is 1.56. The number of halogens is 1. The van der Waals surface area contributed by atoms with Crippen LogP contribution >= 0.6 is 24.0 Å². The number of methoxy groups -OCH3 is 1. The lowest BCUT2D eigenvalue weighted by atomic mass is 9.99. The van der Waals surface area contributed by atoms with Gasteiger partial charge in [-0.2, -0.15) is 5.10 Å². The van der Waals surface area contributed by atoms with Crippen LogP contribution in [-0.4, -0.2) is 58.8 Å². The number of carbonyl (C=O) groups excluding carboxylic acids is 1. The number of ether oxygens (including phenoxy) is 1. The summed E-state index contributed by atoms with van der Waals surface area (Å²) in [6, 6.07) is 0. The number of aromatic nitrogens is 3. The molecule has 2 rings (SSSR count). The fourth-order valence-electron chi connectivity index (χ4n) is 2.57. The summed E-state index contributed by atoms with van der Waals surface area (Å²) in [7, 11) is 5.01. The fraction of sp³-hybridized carbons (Fsp3) is 0.692. The monoisotopic (exact) mass is 422 g/mol. The van der Waals surface area contributed by atoms with Crippen molar-refractivity contribution in [3.05, 3.63) is 12.2 Å². The molecule has 22 heavy (non-hydrogen) atoms. The van der Waals surface area contributed by atoms with Crippen molar-refractivity contribution in [1.29, 1.82) is 0 Å². The Bertz CT molecular complexity index is 532. The van der Waals surface area contributed by atoms with Crippen LogP contribution in [0.1, 0.15) is 12.7 Å². The molecule has 0 aliphatic carbocycles. The second-order valence-corrected chi connectivity index (χ2v) is 5.21. The van der Waals surface area contributed by atoms with Crippen molar-refractivity contribution in [3.63, 3.8) is 0 Å². The van der Waals surface area contributed by atoms with E-state index in [1.807, 2.05) is 7.05 Å². The lowest BCUT2D eigenvalue weighted by Gasteiger charge is -2.21. The average Bonchev–Trinajstić information content (AvgIpc) is 3.05. The molecule has 1 saturated heterocycles. The summed E-state index contributed by atoms with van der Waals surface area (Å²) in [6.45, 7) is 3.99. The third kappa shape index (κ3) is 4.08. The number of aliphatic imine (C=N–C) groups is 1. The Kier molecular flexibility index (Phi) is 7.04. The van der Waals surface area contributed by atoms with Gasteiger partial charge in [-0.3, -0.25) is 14.5 Å². The summed E-state index contributed by atoms with van der Waals surface area (Å²) >= 11 is 0. The summed E-state index contributed by atoms with van der Waals surface area (Å²) in [6.07, 6.45) is 1.52. The van der Waals surface area contributed by atoms with Crippen LogP contribution in [0.15, 0.2) is 11.3 Å². The van der Waals surface area contributed by atoms with Gasteiger partial charge in [-0.05, 0) is 5.92 Å². The molecule has 2 atom stereocenters. The normalized spacial score (nSPS) is 21.5. The number of aryl methyl sites for hydroxylation is 1. The van der Waals surface area contributed by atoms with Crippen molar-refractivity contribution in [2.45, 2.75) is 13.5 Å². The van der Waals surface area contributed by atoms with Gasteiger partial charge in [-0.15, -0.1) is 24.0 Å². The van der Waals surface area contributed by atoms with Gasteiger partial charge in [-0.25, -0.2) is 4.98 Å². The number of esters is 1. The maximum absolute atomic E-state index is 11.7. The van der Waals surface area contributed by atoms with Gasteiger partial charge >= 0.3 is 5.97 Å². The average molecular weight is 422 g/mol. The molecule has 0 saturated carbocycles. The number of rotatable bonds is 3. The molecule has 0 aromatic carbocycles. The summed E-state index contributed by atoms with van der Waals surface area (Å²) in [4.78, 5) is 22.2. The van der Waals surface area contributed by atoms with Gasteiger partial charge < -0.3 is 15.0 Å². The molecule has 9 heteroatoms. The molecule has 1 aliphatic heterocycles. The Balaban J connectivity index is 0.00000242. The SMILES string of the molecule is CN=C(NCc1ncnn1C)N1CC(C)C(C(=O)OC)C1.I. The molecule has 124 valence electrons. The molecule has 1 N–H and O–H groups in total. The van der Waals surface area contributed by atoms with Crippen LogP contribution < -0.4 is 5.32 Å². The molecule has 1 aromatic rings. The molecule has 1 fully saturated rings. The van der Waals surface area contributed by atoms with Gasteiger partial charge in [-0.1, -0.05) is 6.92 Å². The van der Waals surface area contributed by atoms with Crippen molar-refractivity contribution in [2.24, 2.45) is 23.9 Å². The molecule has 0 spiro atoms. The topological polar surface area (TPSA) is 84.6 Å². The molecule has 2 unspecified atom stereocenters. The number of carbonyl (C=O) groups is 1. The minimum Gasteiger partial charge on any atom is -0.469 e. The molecule has 8 nitrogen and oxygen atoms in total. The maximum atomic E-state index is 11.7. The quantitative estimate of drug-likeness (QED) is 0.326. The second-order valence-electron chi connectivity index (χ2n) is 5.21. The van der Waals surface area contributed by atoms with Gasteiger partial charge in [0.05, 0.1) is 19.6 Å². The minimum atomic E-state index is -0.159. The van der Waals surface area contributed by atoms with E-state index in [0.717, 1.165) is 18.3 Å². The van der Waals surface area contributed by atoms with Gasteiger partial charge in [0.2, 0.25) is 0 Å². The lowest BCUT2D eigenvalue weighted by Crippen LogP contribution is -2.40. The predicted molar refractivity (Wildman–Crippen MR) is 92.9 cm³/mol. The van der Waals surface area contributed by atoms with E-state index in [-0.39, 0.29) is 41.8 Å². The first-order valence-corrected chi connectivity index (χ1v) is 6.93. The highest BCUT2D eigenvalue weighted by Crippen LogP contribution is 2.24.